The van der Waals surface area contributed by atoms with Crippen LogP contribution in [0.25, 0.3) is 0 Å². The highest BCUT2D eigenvalue weighted by Gasteiger charge is 2.22. The molecule has 1 aliphatic heterocycles. The number of carbonyl (C=O) groups excluding carboxylic acids is 1. The first-order chi connectivity index (χ1) is 8.65. The maximum Gasteiger partial charge on any atom is 0.221 e. The number of carbonyl (C=O) groups is 1. The topological polar surface area (TPSA) is 59.0 Å². The van der Waals surface area contributed by atoms with E-state index >= 15 is 0 Å². The Labute approximate surface area is 108 Å². The zero-order chi connectivity index (χ0) is 13.0. The van der Waals surface area contributed by atoms with Crippen LogP contribution < -0.4 is 10.6 Å². The number of rotatable bonds is 4. The lowest BCUT2D eigenvalue weighted by atomic mass is 9.90. The van der Waals surface area contributed by atoms with Crippen LogP contribution in [0.3, 0.4) is 0 Å². The summed E-state index contributed by atoms with van der Waals surface area (Å²) in [6, 6.07) is 2.24. The normalized spacial score (nSPS) is 23.9. The lowest BCUT2D eigenvalue weighted by molar-refractivity contribution is -0.122. The number of amides is 1. The van der Waals surface area contributed by atoms with Crippen LogP contribution in [0.4, 0.5) is 0 Å². The molecule has 1 aromatic heterocycles. The number of hydrogen-bond acceptors (Lipinski definition) is 3. The van der Waals surface area contributed by atoms with E-state index in [4.69, 9.17) is 0 Å². The van der Waals surface area contributed by atoms with Gasteiger partial charge in [-0.05, 0) is 31.4 Å². The number of hydrogen-bond donors (Lipinski definition) is 2. The molecular weight excluding hydrogens is 228 g/mol. The lowest BCUT2D eigenvalue weighted by Crippen LogP contribution is -2.43. The maximum atomic E-state index is 11.9. The van der Waals surface area contributed by atoms with Crippen molar-refractivity contribution < 1.29 is 4.79 Å². The molecule has 18 heavy (non-hydrogen) atoms. The van der Waals surface area contributed by atoms with Crippen LogP contribution in [0.5, 0.6) is 0 Å². The van der Waals surface area contributed by atoms with Gasteiger partial charge in [-0.1, -0.05) is 6.92 Å². The van der Waals surface area contributed by atoms with E-state index in [9.17, 15) is 4.79 Å². The van der Waals surface area contributed by atoms with Gasteiger partial charge in [0.1, 0.15) is 0 Å². The third kappa shape index (κ3) is 3.57. The van der Waals surface area contributed by atoms with Gasteiger partial charge in [0, 0.05) is 25.7 Å². The fourth-order valence-corrected chi connectivity index (χ4v) is 2.41. The van der Waals surface area contributed by atoms with E-state index in [1.807, 2.05) is 19.3 Å². The van der Waals surface area contributed by atoms with Gasteiger partial charge in [0.15, 0.2) is 0 Å². The average Bonchev–Trinajstić information content (AvgIpc) is 2.76. The van der Waals surface area contributed by atoms with Crippen molar-refractivity contribution >= 4 is 5.91 Å². The highest BCUT2D eigenvalue weighted by molar-refractivity contribution is 5.76. The van der Waals surface area contributed by atoms with E-state index < -0.39 is 0 Å². The van der Waals surface area contributed by atoms with Crippen LogP contribution in [-0.2, 0) is 18.4 Å². The van der Waals surface area contributed by atoms with Crippen LogP contribution in [0, 0.1) is 5.92 Å². The molecule has 1 saturated heterocycles. The molecule has 5 nitrogen and oxygen atoms in total. The van der Waals surface area contributed by atoms with Crippen molar-refractivity contribution in [1.82, 2.24) is 20.4 Å². The highest BCUT2D eigenvalue weighted by atomic mass is 16.1. The Morgan fingerprint density at radius 1 is 1.67 bits per heavy atom. The first-order valence-corrected chi connectivity index (χ1v) is 6.64. The fraction of sp³-hybridized carbons (Fsp3) is 0.692. The van der Waals surface area contributed by atoms with Crippen LogP contribution >= 0.6 is 0 Å². The predicted molar refractivity (Wildman–Crippen MR) is 69.9 cm³/mol. The molecule has 1 amide bonds. The molecule has 1 fully saturated rings. The van der Waals surface area contributed by atoms with Crippen LogP contribution in [0.2, 0.25) is 0 Å². The summed E-state index contributed by atoms with van der Waals surface area (Å²) in [4.78, 5) is 11.9. The van der Waals surface area contributed by atoms with Gasteiger partial charge < -0.3 is 10.6 Å². The summed E-state index contributed by atoms with van der Waals surface area (Å²) in [5, 5.41) is 10.6. The summed E-state index contributed by atoms with van der Waals surface area (Å²) >= 11 is 0. The molecule has 2 atom stereocenters. The summed E-state index contributed by atoms with van der Waals surface area (Å²) in [6.07, 6.45) is 4.87. The number of aryl methyl sites for hydroxylation is 1. The van der Waals surface area contributed by atoms with E-state index in [1.165, 1.54) is 12.8 Å². The molecule has 100 valence electrons. The fourth-order valence-electron chi connectivity index (χ4n) is 2.41. The molecule has 2 rings (SSSR count). The van der Waals surface area contributed by atoms with Gasteiger partial charge in [-0.15, -0.1) is 0 Å². The Morgan fingerprint density at radius 3 is 3.17 bits per heavy atom. The summed E-state index contributed by atoms with van der Waals surface area (Å²) < 4.78 is 1.74. The van der Waals surface area contributed by atoms with E-state index in [2.05, 4.69) is 22.7 Å². The van der Waals surface area contributed by atoms with Gasteiger partial charge in [0.25, 0.3) is 0 Å². The minimum atomic E-state index is 0.104. The number of nitrogens with zero attached hydrogens (tertiary/aromatic N) is 2. The Hall–Kier alpha value is -1.36. The molecule has 2 heterocycles. The van der Waals surface area contributed by atoms with Gasteiger partial charge >= 0.3 is 0 Å². The van der Waals surface area contributed by atoms with Crippen molar-refractivity contribution in [3.63, 3.8) is 0 Å². The second kappa shape index (κ2) is 6.00. The van der Waals surface area contributed by atoms with Crippen LogP contribution in [0.1, 0.15) is 31.9 Å². The molecule has 0 aromatic carbocycles. The minimum absolute atomic E-state index is 0.104. The predicted octanol–water partition coefficient (Wildman–Crippen LogP) is 0.814. The summed E-state index contributed by atoms with van der Waals surface area (Å²) in [6.45, 7) is 3.76. The van der Waals surface area contributed by atoms with E-state index in [0.29, 0.717) is 24.9 Å². The molecule has 0 spiro atoms. The molecule has 2 unspecified atom stereocenters. The van der Waals surface area contributed by atoms with Crippen molar-refractivity contribution in [2.24, 2.45) is 13.0 Å². The van der Waals surface area contributed by atoms with Crippen LogP contribution in [0.15, 0.2) is 12.3 Å². The molecule has 1 aliphatic rings. The van der Waals surface area contributed by atoms with E-state index in [-0.39, 0.29) is 5.91 Å². The Bertz CT molecular complexity index is 401. The molecule has 5 heteroatoms. The average molecular weight is 250 g/mol. The van der Waals surface area contributed by atoms with Crippen molar-refractivity contribution in [3.8, 4) is 0 Å². The zero-order valence-electron chi connectivity index (χ0n) is 11.1. The lowest BCUT2D eigenvalue weighted by Gasteiger charge is -2.29. The summed E-state index contributed by atoms with van der Waals surface area (Å²) in [7, 11) is 1.87. The first-order valence-electron chi connectivity index (χ1n) is 6.64. The van der Waals surface area contributed by atoms with Gasteiger partial charge in [0.05, 0.1) is 12.2 Å². The molecule has 0 bridgehead atoms. The second-order valence-corrected chi connectivity index (χ2v) is 5.14. The molecule has 1 aromatic rings. The van der Waals surface area contributed by atoms with Crippen molar-refractivity contribution in [2.75, 3.05) is 6.54 Å². The smallest absolute Gasteiger partial charge is 0.221 e. The number of piperidine rings is 1. The second-order valence-electron chi connectivity index (χ2n) is 5.14. The van der Waals surface area contributed by atoms with Crippen molar-refractivity contribution in [2.45, 2.75) is 38.8 Å². The molecular formula is C13H22N4O. The van der Waals surface area contributed by atoms with Gasteiger partial charge in [0.2, 0.25) is 5.91 Å². The van der Waals surface area contributed by atoms with E-state index in [1.54, 1.807) is 4.68 Å². The highest BCUT2D eigenvalue weighted by Crippen LogP contribution is 2.17. The Morgan fingerprint density at radius 2 is 2.50 bits per heavy atom. The minimum Gasteiger partial charge on any atom is -0.350 e. The van der Waals surface area contributed by atoms with Gasteiger partial charge in [-0.2, -0.15) is 5.10 Å². The molecule has 2 N–H and O–H groups in total. The van der Waals surface area contributed by atoms with Gasteiger partial charge in [-0.3, -0.25) is 9.48 Å². The van der Waals surface area contributed by atoms with Crippen molar-refractivity contribution in [3.05, 3.63) is 18.0 Å². The van der Waals surface area contributed by atoms with E-state index in [0.717, 1.165) is 12.2 Å². The number of nitrogens with one attached hydrogen (secondary N) is 2. The summed E-state index contributed by atoms with van der Waals surface area (Å²) in [5.41, 5.74) is 0.899. The third-order valence-electron chi connectivity index (χ3n) is 3.57. The van der Waals surface area contributed by atoms with Crippen LogP contribution in [-0.4, -0.2) is 28.3 Å². The Balaban J connectivity index is 1.74. The summed E-state index contributed by atoms with van der Waals surface area (Å²) in [5.74, 6) is 0.686. The van der Waals surface area contributed by atoms with Crippen molar-refractivity contribution in [1.29, 1.82) is 0 Å². The first kappa shape index (κ1) is 13.1. The SMILES string of the molecule is CC1CCCNC1CC(=O)NCc1ccn(C)n1. The molecule has 0 radical (unpaired) electrons. The standard InChI is InChI=1S/C13H22N4O/c1-10-4-3-6-14-12(10)8-13(18)15-9-11-5-7-17(2)16-11/h5,7,10,12,14H,3-4,6,8-9H2,1-2H3,(H,15,18). The van der Waals surface area contributed by atoms with Gasteiger partial charge in [-0.25, -0.2) is 0 Å². The maximum absolute atomic E-state index is 11.9. The Kier molecular flexibility index (Phi) is 4.36. The zero-order valence-corrected chi connectivity index (χ0v) is 11.1. The third-order valence-corrected chi connectivity index (χ3v) is 3.57. The monoisotopic (exact) mass is 250 g/mol. The quantitative estimate of drug-likeness (QED) is 0.831. The molecule has 0 saturated carbocycles. The number of aromatic nitrogens is 2. The molecule has 0 aliphatic carbocycles. The largest absolute Gasteiger partial charge is 0.350 e.